The molecule has 0 fully saturated rings. The first-order valence-corrected chi connectivity index (χ1v) is 8.19. The number of carboxylic acid groups (broad SMARTS) is 1. The van der Waals surface area contributed by atoms with Crippen molar-refractivity contribution in [3.05, 3.63) is 23.8 Å². The predicted molar refractivity (Wildman–Crippen MR) is 89.7 cm³/mol. The predicted octanol–water partition coefficient (Wildman–Crippen LogP) is 2.50. The average molecular weight is 324 g/mol. The molecule has 0 aliphatic heterocycles. The molecule has 0 spiro atoms. The Balaban J connectivity index is 2.84. The minimum atomic E-state index is -0.982. The van der Waals surface area contributed by atoms with Crippen molar-refractivity contribution >= 4 is 5.97 Å². The number of carboxylic acids is 1. The Kier molecular flexibility index (Phi) is 9.09. The number of unbranched alkanes of at least 4 members (excludes halogenated alkanes) is 2. The summed E-state index contributed by atoms with van der Waals surface area (Å²) in [7, 11) is 0. The van der Waals surface area contributed by atoms with E-state index in [0.717, 1.165) is 31.2 Å². The van der Waals surface area contributed by atoms with Gasteiger partial charge in [-0.05, 0) is 37.0 Å². The van der Waals surface area contributed by atoms with Crippen molar-refractivity contribution in [1.82, 2.24) is 5.43 Å². The first kappa shape index (κ1) is 19.3. The molecule has 4 N–H and O–H groups in total. The molecule has 6 nitrogen and oxygen atoms in total. The second-order valence-electron chi connectivity index (χ2n) is 5.45. The third kappa shape index (κ3) is 6.88. The molecule has 0 amide bonds. The van der Waals surface area contributed by atoms with Gasteiger partial charge < -0.3 is 14.6 Å². The van der Waals surface area contributed by atoms with Crippen LogP contribution in [0.3, 0.4) is 0 Å². The number of ether oxygens (including phenoxy) is 2. The summed E-state index contributed by atoms with van der Waals surface area (Å²) in [5, 5.41) is 9.08. The van der Waals surface area contributed by atoms with Gasteiger partial charge in [-0.2, -0.15) is 0 Å². The Hall–Kier alpha value is -1.79. The van der Waals surface area contributed by atoms with Gasteiger partial charge in [0.05, 0.1) is 13.2 Å². The van der Waals surface area contributed by atoms with E-state index in [4.69, 9.17) is 20.4 Å². The van der Waals surface area contributed by atoms with Crippen LogP contribution in [0.5, 0.6) is 11.5 Å². The molecular weight excluding hydrogens is 296 g/mol. The Morgan fingerprint density at radius 2 is 1.78 bits per heavy atom. The fourth-order valence-corrected chi connectivity index (χ4v) is 2.02. The average Bonchev–Trinajstić information content (AvgIpc) is 2.54. The number of hydrazine groups is 1. The van der Waals surface area contributed by atoms with Gasteiger partial charge >= 0.3 is 5.97 Å². The van der Waals surface area contributed by atoms with E-state index in [9.17, 15) is 4.79 Å². The smallest absolute Gasteiger partial charge is 0.322 e. The zero-order chi connectivity index (χ0) is 17.1. The minimum absolute atomic E-state index is 0.283. The third-order valence-electron chi connectivity index (χ3n) is 3.46. The number of hydrogen-bond acceptors (Lipinski definition) is 5. The number of aliphatic carboxylic acids is 1. The van der Waals surface area contributed by atoms with E-state index in [-0.39, 0.29) is 6.42 Å². The zero-order valence-electron chi connectivity index (χ0n) is 14.0. The summed E-state index contributed by atoms with van der Waals surface area (Å²) in [6.07, 6.45) is 4.33. The lowest BCUT2D eigenvalue weighted by Gasteiger charge is -2.16. The summed E-state index contributed by atoms with van der Waals surface area (Å²) in [6.45, 7) is 5.46. The van der Waals surface area contributed by atoms with Gasteiger partial charge in [-0.25, -0.2) is 5.43 Å². The van der Waals surface area contributed by atoms with E-state index in [0.29, 0.717) is 24.7 Å². The van der Waals surface area contributed by atoms with Crippen LogP contribution in [0.15, 0.2) is 18.2 Å². The second-order valence-corrected chi connectivity index (χ2v) is 5.45. The van der Waals surface area contributed by atoms with Crippen molar-refractivity contribution in [3.8, 4) is 11.5 Å². The van der Waals surface area contributed by atoms with Gasteiger partial charge in [-0.1, -0.05) is 32.8 Å². The number of nitrogens with one attached hydrogen (secondary N) is 1. The van der Waals surface area contributed by atoms with E-state index >= 15 is 0 Å². The number of benzene rings is 1. The van der Waals surface area contributed by atoms with Crippen LogP contribution in [0.4, 0.5) is 0 Å². The second kappa shape index (κ2) is 10.9. The monoisotopic (exact) mass is 324 g/mol. The van der Waals surface area contributed by atoms with Crippen LogP contribution in [0.25, 0.3) is 0 Å². The topological polar surface area (TPSA) is 93.8 Å². The first-order chi connectivity index (χ1) is 11.1. The zero-order valence-corrected chi connectivity index (χ0v) is 14.0. The number of carbonyl (C=O) groups is 1. The molecule has 0 aliphatic rings. The van der Waals surface area contributed by atoms with E-state index < -0.39 is 12.0 Å². The van der Waals surface area contributed by atoms with Gasteiger partial charge in [0.25, 0.3) is 0 Å². The molecular formula is C17H28N2O4. The third-order valence-corrected chi connectivity index (χ3v) is 3.46. The van der Waals surface area contributed by atoms with Crippen LogP contribution in [0.1, 0.15) is 45.1 Å². The maximum atomic E-state index is 11.1. The normalized spacial score (nSPS) is 12.0. The Morgan fingerprint density at radius 1 is 1.17 bits per heavy atom. The summed E-state index contributed by atoms with van der Waals surface area (Å²) in [5.41, 5.74) is 3.14. The maximum absolute atomic E-state index is 11.1. The van der Waals surface area contributed by atoms with Crippen LogP contribution >= 0.6 is 0 Å². The van der Waals surface area contributed by atoms with Gasteiger partial charge in [0, 0.05) is 0 Å². The molecule has 0 heterocycles. The SMILES string of the molecule is CCCCOc1ccc(CC(NN)C(=O)O)cc1OCCCC. The van der Waals surface area contributed by atoms with Gasteiger partial charge in [0.1, 0.15) is 6.04 Å². The molecule has 1 atom stereocenters. The molecule has 23 heavy (non-hydrogen) atoms. The molecule has 0 radical (unpaired) electrons. The van der Waals surface area contributed by atoms with Crippen LogP contribution in [0.2, 0.25) is 0 Å². The number of rotatable bonds is 12. The summed E-state index contributed by atoms with van der Waals surface area (Å²) in [4.78, 5) is 11.1. The Labute approximate surface area is 137 Å². The van der Waals surface area contributed by atoms with Crippen molar-refractivity contribution in [2.75, 3.05) is 13.2 Å². The van der Waals surface area contributed by atoms with Gasteiger partial charge in [0.15, 0.2) is 11.5 Å². The lowest BCUT2D eigenvalue weighted by Crippen LogP contribution is -2.42. The van der Waals surface area contributed by atoms with Crippen LogP contribution in [-0.2, 0) is 11.2 Å². The van der Waals surface area contributed by atoms with Crippen molar-refractivity contribution in [2.24, 2.45) is 5.84 Å². The highest BCUT2D eigenvalue weighted by molar-refractivity contribution is 5.73. The minimum Gasteiger partial charge on any atom is -0.490 e. The van der Waals surface area contributed by atoms with E-state index in [1.807, 2.05) is 18.2 Å². The molecule has 0 aliphatic carbocycles. The molecule has 1 aromatic rings. The molecule has 0 bridgehead atoms. The van der Waals surface area contributed by atoms with Gasteiger partial charge in [-0.15, -0.1) is 0 Å². The van der Waals surface area contributed by atoms with E-state index in [2.05, 4.69) is 19.3 Å². The van der Waals surface area contributed by atoms with Crippen LogP contribution in [-0.4, -0.2) is 30.3 Å². The number of nitrogens with two attached hydrogens (primary N) is 1. The molecule has 0 saturated heterocycles. The summed E-state index contributed by atoms with van der Waals surface area (Å²) >= 11 is 0. The van der Waals surface area contributed by atoms with Gasteiger partial charge in [0.2, 0.25) is 0 Å². The summed E-state index contributed by atoms with van der Waals surface area (Å²) in [5.74, 6) is 5.66. The molecule has 0 saturated carbocycles. The lowest BCUT2D eigenvalue weighted by atomic mass is 10.1. The quantitative estimate of drug-likeness (QED) is 0.311. The van der Waals surface area contributed by atoms with Crippen LogP contribution in [0, 0.1) is 0 Å². The molecule has 1 unspecified atom stereocenters. The Bertz CT molecular complexity index is 480. The van der Waals surface area contributed by atoms with Gasteiger partial charge in [-0.3, -0.25) is 10.6 Å². The molecule has 1 aromatic carbocycles. The fourth-order valence-electron chi connectivity index (χ4n) is 2.02. The largest absolute Gasteiger partial charge is 0.490 e. The van der Waals surface area contributed by atoms with E-state index in [1.165, 1.54) is 0 Å². The van der Waals surface area contributed by atoms with Crippen molar-refractivity contribution in [2.45, 2.75) is 52.0 Å². The van der Waals surface area contributed by atoms with Crippen molar-refractivity contribution in [1.29, 1.82) is 0 Å². The summed E-state index contributed by atoms with van der Waals surface area (Å²) < 4.78 is 11.6. The van der Waals surface area contributed by atoms with Crippen molar-refractivity contribution < 1.29 is 19.4 Å². The summed E-state index contributed by atoms with van der Waals surface area (Å²) in [6, 6.07) is 4.69. The highest BCUT2D eigenvalue weighted by Crippen LogP contribution is 2.29. The number of hydrogen-bond donors (Lipinski definition) is 3. The Morgan fingerprint density at radius 3 is 2.30 bits per heavy atom. The molecule has 1 rings (SSSR count). The molecule has 0 aromatic heterocycles. The highest BCUT2D eigenvalue weighted by Gasteiger charge is 2.17. The highest BCUT2D eigenvalue weighted by atomic mass is 16.5. The molecule has 6 heteroatoms. The van der Waals surface area contributed by atoms with Crippen LogP contribution < -0.4 is 20.7 Å². The molecule has 130 valence electrons. The lowest BCUT2D eigenvalue weighted by molar-refractivity contribution is -0.139. The van der Waals surface area contributed by atoms with Crippen molar-refractivity contribution in [3.63, 3.8) is 0 Å². The fraction of sp³-hybridized carbons (Fsp3) is 0.588. The van der Waals surface area contributed by atoms with E-state index in [1.54, 1.807) is 0 Å². The first-order valence-electron chi connectivity index (χ1n) is 8.19. The standard InChI is InChI=1S/C17H28N2O4/c1-3-5-9-22-15-8-7-13(11-14(19-18)17(20)21)12-16(15)23-10-6-4-2/h7-8,12,14,19H,3-6,9-11,18H2,1-2H3,(H,20,21). The maximum Gasteiger partial charge on any atom is 0.322 e.